The molecule has 0 unspecified atom stereocenters. The number of sulfonamides is 1. The van der Waals surface area contributed by atoms with Gasteiger partial charge >= 0.3 is 0 Å². The summed E-state index contributed by atoms with van der Waals surface area (Å²) in [5.41, 5.74) is 2.43. The first-order valence-electron chi connectivity index (χ1n) is 18.0. The Kier molecular flexibility index (Phi) is 12.0. The third-order valence-electron chi connectivity index (χ3n) is 9.68. The van der Waals surface area contributed by atoms with Crippen molar-refractivity contribution in [3.8, 4) is 0 Å². The number of sulfone groups is 1. The predicted molar refractivity (Wildman–Crippen MR) is 219 cm³/mol. The lowest BCUT2D eigenvalue weighted by molar-refractivity contribution is -0.134. The molecule has 0 radical (unpaired) electrons. The molecule has 0 spiro atoms. The standard InChI is InChI=1S/C24H24FN5O3S2.C14H17N3O2S2/c1-17(30-10-8-20-21(25)6-3-7-22(20)30)23(31)29-13-11-28(12-14-29)18-4-2-5-19(16-18)35(32,33)27-24-26-9-15-34-24;18-21(19,11-14-16-6-9-20-14)13-3-1-2-12(10-13)17-7-4-15-5-8-17/h2-10,15-17H,11-14H2,1H3,(H,26,27);1-3,6,9-10,15H,4-5,7-8,11H2/t17-;/m0./s1. The van der Waals surface area contributed by atoms with E-state index in [9.17, 15) is 26.0 Å². The summed E-state index contributed by atoms with van der Waals surface area (Å²) in [7, 11) is -7.09. The molecule has 0 bridgehead atoms. The molecule has 3 aromatic carbocycles. The van der Waals surface area contributed by atoms with Gasteiger partial charge in [0.1, 0.15) is 22.6 Å². The van der Waals surface area contributed by atoms with Crippen LogP contribution in [0.5, 0.6) is 0 Å². The molecular weight excluding hydrogens is 796 g/mol. The van der Waals surface area contributed by atoms with Crippen molar-refractivity contribution >= 4 is 75.9 Å². The number of benzene rings is 3. The van der Waals surface area contributed by atoms with Crippen LogP contribution in [0.3, 0.4) is 0 Å². The largest absolute Gasteiger partial charge is 0.369 e. The Hall–Kier alpha value is -4.88. The molecule has 1 amide bonds. The molecule has 2 saturated heterocycles. The van der Waals surface area contributed by atoms with Crippen LogP contribution in [0.15, 0.2) is 112 Å². The van der Waals surface area contributed by atoms with Gasteiger partial charge < -0.3 is 24.6 Å². The summed E-state index contributed by atoms with van der Waals surface area (Å²) in [5.74, 6) is -0.369. The van der Waals surface area contributed by atoms with Gasteiger partial charge in [0, 0.05) is 98.5 Å². The SMILES string of the molecule is C[C@@H](C(=O)N1CCN(c2cccc(S(=O)(=O)Nc3nccs3)c2)CC1)n1ccc2c(F)cccc21.O=S(=O)(Cc1nccs1)c1cccc(N2CCNCC2)c1. The second-order valence-electron chi connectivity index (χ2n) is 13.2. The number of halogens is 1. The number of rotatable bonds is 10. The molecule has 294 valence electrons. The quantitative estimate of drug-likeness (QED) is 0.182. The van der Waals surface area contributed by atoms with E-state index >= 15 is 0 Å². The number of nitrogens with zero attached hydrogens (tertiary/aromatic N) is 6. The Morgan fingerprint density at radius 3 is 2.14 bits per heavy atom. The van der Waals surface area contributed by atoms with E-state index in [2.05, 4.69) is 29.8 Å². The average Bonchev–Trinajstić information content (AvgIpc) is 4.02. The number of carbonyl (C=O) groups is 1. The summed E-state index contributed by atoms with van der Waals surface area (Å²) in [5, 5.41) is 8.23. The summed E-state index contributed by atoms with van der Waals surface area (Å²) in [6, 6.07) is 20.1. The summed E-state index contributed by atoms with van der Waals surface area (Å²) >= 11 is 2.58. The lowest BCUT2D eigenvalue weighted by Gasteiger charge is -2.37. The first-order chi connectivity index (χ1) is 27.0. The van der Waals surface area contributed by atoms with Crippen molar-refractivity contribution in [3.05, 3.63) is 113 Å². The van der Waals surface area contributed by atoms with Gasteiger partial charge in [0.05, 0.1) is 15.3 Å². The van der Waals surface area contributed by atoms with Crippen molar-refractivity contribution in [1.29, 1.82) is 0 Å². The molecule has 1 atom stereocenters. The molecule has 0 saturated carbocycles. The fourth-order valence-electron chi connectivity index (χ4n) is 6.72. The lowest BCUT2D eigenvalue weighted by Crippen LogP contribution is -2.50. The van der Waals surface area contributed by atoms with Crippen LogP contribution in [0.2, 0.25) is 0 Å². The van der Waals surface area contributed by atoms with E-state index in [0.717, 1.165) is 37.6 Å². The van der Waals surface area contributed by atoms with Crippen LogP contribution < -0.4 is 19.8 Å². The molecule has 2 N–H and O–H groups in total. The maximum Gasteiger partial charge on any atom is 0.263 e. The normalized spacial score (nSPS) is 15.6. The van der Waals surface area contributed by atoms with Crippen molar-refractivity contribution in [2.24, 2.45) is 0 Å². The molecule has 8 rings (SSSR count). The van der Waals surface area contributed by atoms with Gasteiger partial charge in [-0.15, -0.1) is 22.7 Å². The summed E-state index contributed by atoms with van der Waals surface area (Å²) < 4.78 is 68.8. The van der Waals surface area contributed by atoms with Crippen LogP contribution in [-0.4, -0.2) is 94.5 Å². The average molecular weight is 837 g/mol. The van der Waals surface area contributed by atoms with Gasteiger partial charge in [0.25, 0.3) is 10.0 Å². The Morgan fingerprint density at radius 1 is 0.821 bits per heavy atom. The minimum Gasteiger partial charge on any atom is -0.369 e. The van der Waals surface area contributed by atoms with Gasteiger partial charge in [0.2, 0.25) is 5.91 Å². The van der Waals surface area contributed by atoms with E-state index in [0.29, 0.717) is 52.1 Å². The van der Waals surface area contributed by atoms with Gasteiger partial charge in [-0.3, -0.25) is 9.52 Å². The smallest absolute Gasteiger partial charge is 0.263 e. The van der Waals surface area contributed by atoms with E-state index in [4.69, 9.17) is 0 Å². The molecule has 3 aromatic heterocycles. The van der Waals surface area contributed by atoms with Gasteiger partial charge in [-0.2, -0.15) is 0 Å². The molecule has 0 aliphatic carbocycles. The zero-order valence-electron chi connectivity index (χ0n) is 30.5. The van der Waals surface area contributed by atoms with Crippen LogP contribution in [0.25, 0.3) is 10.9 Å². The number of nitrogens with one attached hydrogen (secondary N) is 2. The number of fused-ring (bicyclic) bond motifs is 1. The molecule has 2 aliphatic rings. The number of anilines is 3. The van der Waals surface area contributed by atoms with E-state index in [1.165, 1.54) is 34.9 Å². The third-order valence-corrected chi connectivity index (χ3v) is 14.4. The maximum absolute atomic E-state index is 14.1. The van der Waals surface area contributed by atoms with Crippen molar-refractivity contribution in [2.75, 3.05) is 66.9 Å². The first-order valence-corrected chi connectivity index (χ1v) is 22.9. The fraction of sp³-hybridized carbons (Fsp3) is 0.289. The topological polar surface area (TPSA) is 150 Å². The molecule has 6 aromatic rings. The number of thiazole rings is 2. The summed E-state index contributed by atoms with van der Waals surface area (Å²) in [6.45, 7) is 7.63. The Morgan fingerprint density at radius 2 is 1.46 bits per heavy atom. The van der Waals surface area contributed by atoms with Gasteiger partial charge in [-0.05, 0) is 61.5 Å². The Labute approximate surface area is 333 Å². The number of aromatic nitrogens is 3. The second kappa shape index (κ2) is 17.1. The lowest BCUT2D eigenvalue weighted by atomic mass is 10.2. The summed E-state index contributed by atoms with van der Waals surface area (Å²) in [6.07, 6.45) is 4.92. The number of carbonyl (C=O) groups excluding carboxylic acids is 1. The zero-order chi connectivity index (χ0) is 39.3. The predicted octanol–water partition coefficient (Wildman–Crippen LogP) is 5.47. The highest BCUT2D eigenvalue weighted by molar-refractivity contribution is 7.93. The number of hydrogen-bond acceptors (Lipinski definition) is 12. The minimum atomic E-state index is -3.75. The number of amides is 1. The van der Waals surface area contributed by atoms with Crippen LogP contribution in [-0.2, 0) is 30.4 Å². The molecule has 18 heteroatoms. The van der Waals surface area contributed by atoms with Crippen LogP contribution >= 0.6 is 22.7 Å². The summed E-state index contributed by atoms with van der Waals surface area (Å²) in [4.78, 5) is 27.8. The van der Waals surface area contributed by atoms with E-state index in [-0.39, 0.29) is 22.4 Å². The van der Waals surface area contributed by atoms with Gasteiger partial charge in [0.15, 0.2) is 15.0 Å². The van der Waals surface area contributed by atoms with Crippen molar-refractivity contribution in [1.82, 2.24) is 24.8 Å². The van der Waals surface area contributed by atoms with E-state index in [1.54, 1.807) is 75.1 Å². The molecule has 2 aliphatic heterocycles. The van der Waals surface area contributed by atoms with Crippen LogP contribution in [0, 0.1) is 5.82 Å². The highest BCUT2D eigenvalue weighted by Gasteiger charge is 2.28. The zero-order valence-corrected chi connectivity index (χ0v) is 33.8. The molecule has 56 heavy (non-hydrogen) atoms. The van der Waals surface area contributed by atoms with Gasteiger partial charge in [-0.1, -0.05) is 18.2 Å². The van der Waals surface area contributed by atoms with Crippen molar-refractivity contribution in [3.63, 3.8) is 0 Å². The number of piperazine rings is 2. The number of hydrogen-bond donors (Lipinski definition) is 2. The maximum atomic E-state index is 14.1. The van der Waals surface area contributed by atoms with Crippen molar-refractivity contribution < 1.29 is 26.0 Å². The fourth-order valence-corrected chi connectivity index (χ4v) is 10.8. The molecular formula is C38H41FN8O5S4. The van der Waals surface area contributed by atoms with E-state index in [1.807, 2.05) is 31.2 Å². The van der Waals surface area contributed by atoms with Crippen LogP contribution in [0.1, 0.15) is 18.0 Å². The third kappa shape index (κ3) is 9.05. The highest BCUT2D eigenvalue weighted by atomic mass is 32.2. The van der Waals surface area contributed by atoms with E-state index < -0.39 is 25.9 Å². The molecule has 2 fully saturated rings. The Bertz CT molecular complexity index is 2480. The second-order valence-corrected chi connectivity index (χ2v) is 18.8. The van der Waals surface area contributed by atoms with Crippen molar-refractivity contribution in [2.45, 2.75) is 28.5 Å². The first kappa shape index (κ1) is 39.4. The molecule has 5 heterocycles. The highest BCUT2D eigenvalue weighted by Crippen LogP contribution is 2.27. The van der Waals surface area contributed by atoms with Crippen LogP contribution in [0.4, 0.5) is 20.9 Å². The minimum absolute atomic E-state index is 0.0320. The monoisotopic (exact) mass is 836 g/mol. The Balaban J connectivity index is 0.000000195. The molecule has 13 nitrogen and oxygen atoms in total. The van der Waals surface area contributed by atoms with Gasteiger partial charge in [-0.25, -0.2) is 31.2 Å².